The Kier molecular flexibility index (Phi) is 4.87. The lowest BCUT2D eigenvalue weighted by atomic mass is 9.96. The Morgan fingerprint density at radius 3 is 2.71 bits per heavy atom. The van der Waals surface area contributed by atoms with Crippen LogP contribution in [0.2, 0.25) is 0 Å². The van der Waals surface area contributed by atoms with Crippen LogP contribution in [0.3, 0.4) is 0 Å². The van der Waals surface area contributed by atoms with Gasteiger partial charge in [0.1, 0.15) is 0 Å². The van der Waals surface area contributed by atoms with Crippen LogP contribution in [0.5, 0.6) is 0 Å². The van der Waals surface area contributed by atoms with Gasteiger partial charge in [0, 0.05) is 18.6 Å². The third-order valence-corrected chi connectivity index (χ3v) is 4.59. The van der Waals surface area contributed by atoms with E-state index in [0.29, 0.717) is 5.54 Å². The molecular formula is C15H30N2. The van der Waals surface area contributed by atoms with E-state index < -0.39 is 0 Å². The van der Waals surface area contributed by atoms with Gasteiger partial charge in [-0.25, -0.2) is 0 Å². The predicted octanol–water partition coefficient (Wildman–Crippen LogP) is 3.03. The van der Waals surface area contributed by atoms with Crippen molar-refractivity contribution < 1.29 is 0 Å². The molecule has 2 fully saturated rings. The van der Waals surface area contributed by atoms with Gasteiger partial charge in [-0.15, -0.1) is 0 Å². The maximum Gasteiger partial charge on any atom is 0.0308 e. The molecule has 2 heteroatoms. The molecule has 2 nitrogen and oxygen atoms in total. The van der Waals surface area contributed by atoms with E-state index in [-0.39, 0.29) is 0 Å². The molecule has 1 unspecified atom stereocenters. The summed E-state index contributed by atoms with van der Waals surface area (Å²) >= 11 is 0. The smallest absolute Gasteiger partial charge is 0.0308 e. The first-order valence-corrected chi connectivity index (χ1v) is 7.71. The molecule has 0 aromatic heterocycles. The van der Waals surface area contributed by atoms with Crippen LogP contribution < -0.4 is 5.32 Å². The SMILES string of the molecule is CCCC(C)CN1CCCNC2(CCCC2)C1. The maximum atomic E-state index is 3.85. The molecule has 2 aliphatic rings. The van der Waals surface area contributed by atoms with Gasteiger partial charge in [-0.05, 0) is 44.7 Å². The maximum absolute atomic E-state index is 3.85. The minimum Gasteiger partial charge on any atom is -0.310 e. The highest BCUT2D eigenvalue weighted by molar-refractivity contribution is 4.96. The van der Waals surface area contributed by atoms with Gasteiger partial charge < -0.3 is 10.2 Å². The summed E-state index contributed by atoms with van der Waals surface area (Å²) in [6, 6.07) is 0. The average molecular weight is 238 g/mol. The van der Waals surface area contributed by atoms with Crippen molar-refractivity contribution in [3.63, 3.8) is 0 Å². The number of hydrogen-bond acceptors (Lipinski definition) is 2. The molecule has 1 saturated carbocycles. The molecule has 0 radical (unpaired) electrons. The normalized spacial score (nSPS) is 27.2. The van der Waals surface area contributed by atoms with Crippen LogP contribution in [-0.4, -0.2) is 36.6 Å². The molecule has 0 bridgehead atoms. The highest BCUT2D eigenvalue weighted by Gasteiger charge is 2.36. The number of nitrogens with zero attached hydrogens (tertiary/aromatic N) is 1. The highest BCUT2D eigenvalue weighted by Crippen LogP contribution is 2.31. The van der Waals surface area contributed by atoms with Crippen LogP contribution in [0, 0.1) is 5.92 Å². The van der Waals surface area contributed by atoms with Crippen LogP contribution in [0.25, 0.3) is 0 Å². The zero-order valence-corrected chi connectivity index (χ0v) is 11.8. The van der Waals surface area contributed by atoms with Gasteiger partial charge in [0.2, 0.25) is 0 Å². The standard InChI is InChI=1S/C15H30N2/c1-3-7-14(2)12-17-11-6-10-16-15(13-17)8-4-5-9-15/h14,16H,3-13H2,1-2H3. The summed E-state index contributed by atoms with van der Waals surface area (Å²) in [6.07, 6.45) is 9.74. The largest absolute Gasteiger partial charge is 0.310 e. The van der Waals surface area contributed by atoms with E-state index in [4.69, 9.17) is 0 Å². The summed E-state index contributed by atoms with van der Waals surface area (Å²) in [7, 11) is 0. The second-order valence-electron chi connectivity index (χ2n) is 6.40. The summed E-state index contributed by atoms with van der Waals surface area (Å²) in [4.78, 5) is 2.74. The number of nitrogens with one attached hydrogen (secondary N) is 1. The highest BCUT2D eigenvalue weighted by atomic mass is 15.2. The summed E-state index contributed by atoms with van der Waals surface area (Å²) in [5, 5.41) is 3.85. The summed E-state index contributed by atoms with van der Waals surface area (Å²) in [6.45, 7) is 9.89. The van der Waals surface area contributed by atoms with Crippen LogP contribution in [0.15, 0.2) is 0 Å². The Hall–Kier alpha value is -0.0800. The summed E-state index contributed by atoms with van der Waals surface area (Å²) in [5.41, 5.74) is 0.489. The average Bonchev–Trinajstić information content (AvgIpc) is 2.63. The molecule has 17 heavy (non-hydrogen) atoms. The van der Waals surface area contributed by atoms with E-state index in [0.717, 1.165) is 5.92 Å². The third-order valence-electron chi connectivity index (χ3n) is 4.59. The van der Waals surface area contributed by atoms with E-state index in [1.807, 2.05) is 0 Å². The van der Waals surface area contributed by atoms with E-state index in [1.54, 1.807) is 0 Å². The van der Waals surface area contributed by atoms with Gasteiger partial charge in [-0.2, -0.15) is 0 Å². The van der Waals surface area contributed by atoms with Gasteiger partial charge in [-0.3, -0.25) is 0 Å². The second kappa shape index (κ2) is 6.19. The van der Waals surface area contributed by atoms with Crippen LogP contribution >= 0.6 is 0 Å². The topological polar surface area (TPSA) is 15.3 Å². The van der Waals surface area contributed by atoms with Crippen molar-refractivity contribution in [3.05, 3.63) is 0 Å². The Balaban J connectivity index is 1.88. The first-order chi connectivity index (χ1) is 8.24. The third kappa shape index (κ3) is 3.69. The van der Waals surface area contributed by atoms with Gasteiger partial charge >= 0.3 is 0 Å². The molecule has 1 aliphatic heterocycles. The number of hydrogen-bond donors (Lipinski definition) is 1. The molecule has 2 rings (SSSR count). The minimum absolute atomic E-state index is 0.489. The van der Waals surface area contributed by atoms with E-state index >= 15 is 0 Å². The zero-order chi connectivity index (χ0) is 12.1. The van der Waals surface area contributed by atoms with Gasteiger partial charge in [-0.1, -0.05) is 33.1 Å². The molecule has 0 aromatic carbocycles. The fraction of sp³-hybridized carbons (Fsp3) is 1.00. The van der Waals surface area contributed by atoms with Crippen molar-refractivity contribution in [2.45, 2.75) is 64.3 Å². The Morgan fingerprint density at radius 2 is 2.00 bits per heavy atom. The number of rotatable bonds is 4. The lowest BCUT2D eigenvalue weighted by molar-refractivity contribution is 0.185. The Bertz CT molecular complexity index is 221. The van der Waals surface area contributed by atoms with E-state index in [2.05, 4.69) is 24.1 Å². The second-order valence-corrected chi connectivity index (χ2v) is 6.40. The Labute approximate surface area is 107 Å². The van der Waals surface area contributed by atoms with Gasteiger partial charge in [0.25, 0.3) is 0 Å². The summed E-state index contributed by atoms with van der Waals surface area (Å²) < 4.78 is 0. The van der Waals surface area contributed by atoms with Crippen molar-refractivity contribution in [2.24, 2.45) is 5.92 Å². The van der Waals surface area contributed by atoms with Crippen molar-refractivity contribution in [3.8, 4) is 0 Å². The Morgan fingerprint density at radius 1 is 1.24 bits per heavy atom. The molecule has 1 heterocycles. The van der Waals surface area contributed by atoms with E-state index in [1.165, 1.54) is 71.1 Å². The molecule has 100 valence electrons. The molecule has 1 aliphatic carbocycles. The molecule has 1 saturated heterocycles. The van der Waals surface area contributed by atoms with Crippen molar-refractivity contribution in [1.29, 1.82) is 0 Å². The van der Waals surface area contributed by atoms with Crippen molar-refractivity contribution in [1.82, 2.24) is 10.2 Å². The first-order valence-electron chi connectivity index (χ1n) is 7.71. The van der Waals surface area contributed by atoms with Crippen LogP contribution in [0.1, 0.15) is 58.8 Å². The van der Waals surface area contributed by atoms with Gasteiger partial charge in [0.05, 0.1) is 0 Å². The first kappa shape index (κ1) is 13.4. The zero-order valence-electron chi connectivity index (χ0n) is 11.8. The molecule has 0 amide bonds. The molecule has 1 N–H and O–H groups in total. The summed E-state index contributed by atoms with van der Waals surface area (Å²) in [5.74, 6) is 0.872. The van der Waals surface area contributed by atoms with Crippen LogP contribution in [0.4, 0.5) is 0 Å². The fourth-order valence-electron chi connectivity index (χ4n) is 3.79. The molecular weight excluding hydrogens is 208 g/mol. The van der Waals surface area contributed by atoms with Crippen molar-refractivity contribution >= 4 is 0 Å². The monoisotopic (exact) mass is 238 g/mol. The fourth-order valence-corrected chi connectivity index (χ4v) is 3.79. The van der Waals surface area contributed by atoms with Gasteiger partial charge in [0.15, 0.2) is 0 Å². The molecule has 0 aromatic rings. The molecule has 1 atom stereocenters. The van der Waals surface area contributed by atoms with Crippen LogP contribution in [-0.2, 0) is 0 Å². The van der Waals surface area contributed by atoms with Crippen molar-refractivity contribution in [2.75, 3.05) is 26.2 Å². The lowest BCUT2D eigenvalue weighted by Gasteiger charge is -2.34. The predicted molar refractivity (Wildman–Crippen MR) is 74.3 cm³/mol. The minimum atomic E-state index is 0.489. The molecule has 1 spiro atoms. The lowest BCUT2D eigenvalue weighted by Crippen LogP contribution is -2.49. The van der Waals surface area contributed by atoms with E-state index in [9.17, 15) is 0 Å². The quantitative estimate of drug-likeness (QED) is 0.810.